The van der Waals surface area contributed by atoms with Crippen molar-refractivity contribution in [2.45, 2.75) is 13.3 Å². The molecule has 0 spiro atoms. The van der Waals surface area contributed by atoms with Crippen LogP contribution in [0.15, 0.2) is 30.3 Å². The van der Waals surface area contributed by atoms with Gasteiger partial charge in [0.05, 0.1) is 20.3 Å². The molecule has 0 saturated carbocycles. The third kappa shape index (κ3) is 3.18. The van der Waals surface area contributed by atoms with Gasteiger partial charge < -0.3 is 14.2 Å². The Bertz CT molecular complexity index is 569. The van der Waals surface area contributed by atoms with Gasteiger partial charge in [-0.15, -0.1) is 0 Å². The molecule has 2 aromatic carbocycles. The van der Waals surface area contributed by atoms with Crippen LogP contribution in [-0.4, -0.2) is 25.7 Å². The molecule has 2 rings (SSSR count). The lowest BCUT2D eigenvalue weighted by Gasteiger charge is -2.16. The van der Waals surface area contributed by atoms with E-state index in [-0.39, 0.29) is 0 Å². The van der Waals surface area contributed by atoms with Crippen molar-refractivity contribution in [3.63, 3.8) is 0 Å². The van der Waals surface area contributed by atoms with Crippen molar-refractivity contribution < 1.29 is 14.2 Å². The third-order valence-corrected chi connectivity index (χ3v) is 3.25. The van der Waals surface area contributed by atoms with Crippen LogP contribution in [0.5, 0.6) is 17.2 Å². The fraction of sp³-hybridized carbons (Fsp3) is 0.375. The largest absolute Gasteiger partial charge is 0.493 e. The van der Waals surface area contributed by atoms with Crippen molar-refractivity contribution in [3.8, 4) is 17.2 Å². The quantitative estimate of drug-likeness (QED) is 0.700. The molecular formula is C16H19BrO3. The molecule has 4 heteroatoms. The molecule has 0 aliphatic heterocycles. The molecule has 0 radical (unpaired) electrons. The van der Waals surface area contributed by atoms with Crippen molar-refractivity contribution in [2.24, 2.45) is 0 Å². The van der Waals surface area contributed by atoms with Crippen molar-refractivity contribution in [1.29, 1.82) is 0 Å². The monoisotopic (exact) mass is 338 g/mol. The first-order valence-corrected chi connectivity index (χ1v) is 7.85. The molecule has 0 bridgehead atoms. The molecule has 0 N–H and O–H groups in total. The number of methoxy groups -OCH3 is 1. The normalized spacial score (nSPS) is 10.6. The first kappa shape index (κ1) is 15.0. The zero-order valence-corrected chi connectivity index (χ0v) is 13.4. The van der Waals surface area contributed by atoms with Gasteiger partial charge in [0, 0.05) is 22.2 Å². The Morgan fingerprint density at radius 2 is 1.75 bits per heavy atom. The Kier molecular flexibility index (Phi) is 5.53. The third-order valence-electron chi connectivity index (χ3n) is 2.93. The maximum atomic E-state index is 5.86. The smallest absolute Gasteiger partial charge is 0.169 e. The summed E-state index contributed by atoms with van der Waals surface area (Å²) in [4.78, 5) is 0. The van der Waals surface area contributed by atoms with E-state index in [9.17, 15) is 0 Å². The standard InChI is InChI=1S/C16H19BrO3/c1-3-9-20-16-13-7-5-4-6-12(13)14(19-10-8-17)11-15(16)18-2/h4-7,11H,3,8-10H2,1-2H3. The van der Waals surface area contributed by atoms with Crippen molar-refractivity contribution in [3.05, 3.63) is 30.3 Å². The van der Waals surface area contributed by atoms with Gasteiger partial charge in [-0.2, -0.15) is 0 Å². The average Bonchev–Trinajstić information content (AvgIpc) is 2.50. The number of halogens is 1. The highest BCUT2D eigenvalue weighted by atomic mass is 79.9. The van der Waals surface area contributed by atoms with E-state index in [1.807, 2.05) is 30.3 Å². The van der Waals surface area contributed by atoms with Crippen molar-refractivity contribution >= 4 is 26.7 Å². The first-order valence-electron chi connectivity index (χ1n) is 6.73. The summed E-state index contributed by atoms with van der Waals surface area (Å²) < 4.78 is 17.1. The Morgan fingerprint density at radius 1 is 1.00 bits per heavy atom. The summed E-state index contributed by atoms with van der Waals surface area (Å²) in [7, 11) is 1.65. The molecule has 3 nitrogen and oxygen atoms in total. The van der Waals surface area contributed by atoms with Crippen LogP contribution in [0.1, 0.15) is 13.3 Å². The predicted molar refractivity (Wildman–Crippen MR) is 85.6 cm³/mol. The van der Waals surface area contributed by atoms with Gasteiger partial charge in [-0.3, -0.25) is 0 Å². The molecule has 0 aliphatic rings. The molecule has 0 amide bonds. The molecule has 0 heterocycles. The van der Waals surface area contributed by atoms with Gasteiger partial charge in [0.15, 0.2) is 11.5 Å². The number of hydrogen-bond acceptors (Lipinski definition) is 3. The molecule has 0 atom stereocenters. The Hall–Kier alpha value is -1.42. The number of ether oxygens (including phenoxy) is 3. The van der Waals surface area contributed by atoms with Crippen molar-refractivity contribution in [2.75, 3.05) is 25.7 Å². The second kappa shape index (κ2) is 7.39. The summed E-state index contributed by atoms with van der Waals surface area (Å²) in [5, 5.41) is 2.85. The van der Waals surface area contributed by atoms with Gasteiger partial charge in [0.25, 0.3) is 0 Å². The van der Waals surface area contributed by atoms with Gasteiger partial charge >= 0.3 is 0 Å². The highest BCUT2D eigenvalue weighted by Crippen LogP contribution is 2.41. The zero-order valence-electron chi connectivity index (χ0n) is 11.8. The number of rotatable bonds is 7. The minimum Gasteiger partial charge on any atom is -0.493 e. The number of hydrogen-bond donors (Lipinski definition) is 0. The Labute approximate surface area is 128 Å². The van der Waals surface area contributed by atoms with Crippen LogP contribution in [0.4, 0.5) is 0 Å². The van der Waals surface area contributed by atoms with E-state index in [2.05, 4.69) is 22.9 Å². The summed E-state index contributed by atoms with van der Waals surface area (Å²) in [6, 6.07) is 9.96. The molecule has 0 aromatic heterocycles. The summed E-state index contributed by atoms with van der Waals surface area (Å²) >= 11 is 3.37. The minimum atomic E-state index is 0.613. The van der Waals surface area contributed by atoms with Gasteiger partial charge in [-0.05, 0) is 6.42 Å². The van der Waals surface area contributed by atoms with Crippen molar-refractivity contribution in [1.82, 2.24) is 0 Å². The highest BCUT2D eigenvalue weighted by Gasteiger charge is 2.14. The van der Waals surface area contributed by atoms with Crippen LogP contribution in [0, 0.1) is 0 Å². The summed E-state index contributed by atoms with van der Waals surface area (Å²) in [5.41, 5.74) is 0. The fourth-order valence-electron chi connectivity index (χ4n) is 2.06. The molecule has 20 heavy (non-hydrogen) atoms. The molecular weight excluding hydrogens is 320 g/mol. The minimum absolute atomic E-state index is 0.613. The van der Waals surface area contributed by atoms with Gasteiger partial charge in [0.1, 0.15) is 5.75 Å². The number of alkyl halides is 1. The fourth-order valence-corrected chi connectivity index (χ4v) is 2.23. The predicted octanol–water partition coefficient (Wildman–Crippen LogP) is 4.41. The molecule has 108 valence electrons. The summed E-state index contributed by atoms with van der Waals surface area (Å²) in [6.45, 7) is 3.37. The summed E-state index contributed by atoms with van der Waals surface area (Å²) in [6.07, 6.45) is 0.958. The van der Waals surface area contributed by atoms with E-state index in [1.165, 1.54) is 0 Å². The van der Waals surface area contributed by atoms with E-state index in [0.29, 0.717) is 19.0 Å². The second-order valence-electron chi connectivity index (χ2n) is 4.34. The lowest BCUT2D eigenvalue weighted by molar-refractivity contribution is 0.295. The van der Waals surface area contributed by atoms with Crippen LogP contribution in [0.2, 0.25) is 0 Å². The molecule has 0 saturated heterocycles. The SMILES string of the molecule is CCCOc1c(OC)cc(OCCBr)c2ccccc12. The van der Waals surface area contributed by atoms with Crippen LogP contribution in [-0.2, 0) is 0 Å². The topological polar surface area (TPSA) is 27.7 Å². The van der Waals surface area contributed by atoms with E-state index in [1.54, 1.807) is 7.11 Å². The first-order chi connectivity index (χ1) is 9.81. The number of fused-ring (bicyclic) bond motifs is 1. The maximum absolute atomic E-state index is 5.86. The molecule has 2 aromatic rings. The summed E-state index contributed by atoms with van der Waals surface area (Å²) in [5.74, 6) is 2.32. The van der Waals surface area contributed by atoms with Crippen LogP contribution in [0.3, 0.4) is 0 Å². The average molecular weight is 339 g/mol. The van der Waals surface area contributed by atoms with Gasteiger partial charge in [-0.1, -0.05) is 47.1 Å². The lowest BCUT2D eigenvalue weighted by atomic mass is 10.1. The van der Waals surface area contributed by atoms with E-state index >= 15 is 0 Å². The molecule has 0 fully saturated rings. The second-order valence-corrected chi connectivity index (χ2v) is 5.13. The zero-order chi connectivity index (χ0) is 14.4. The van der Waals surface area contributed by atoms with Gasteiger partial charge in [0.2, 0.25) is 0 Å². The Balaban J connectivity index is 2.54. The maximum Gasteiger partial charge on any atom is 0.169 e. The molecule has 0 aliphatic carbocycles. The van der Waals surface area contributed by atoms with E-state index in [4.69, 9.17) is 14.2 Å². The lowest BCUT2D eigenvalue weighted by Crippen LogP contribution is -2.02. The van der Waals surface area contributed by atoms with Crippen LogP contribution < -0.4 is 14.2 Å². The van der Waals surface area contributed by atoms with E-state index in [0.717, 1.165) is 34.0 Å². The number of benzene rings is 2. The molecule has 0 unspecified atom stereocenters. The Morgan fingerprint density at radius 3 is 2.40 bits per heavy atom. The van der Waals surface area contributed by atoms with Crippen LogP contribution in [0.25, 0.3) is 10.8 Å². The van der Waals surface area contributed by atoms with Gasteiger partial charge in [-0.25, -0.2) is 0 Å². The van der Waals surface area contributed by atoms with Crippen LogP contribution >= 0.6 is 15.9 Å². The van der Waals surface area contributed by atoms with E-state index < -0.39 is 0 Å². The highest BCUT2D eigenvalue weighted by molar-refractivity contribution is 9.09.